The average molecular weight is 382 g/mol. The number of unbranched alkanes of at least 4 members (excludes halogenated alkanes) is 2. The van der Waals surface area contributed by atoms with E-state index in [1.165, 1.54) is 0 Å². The van der Waals surface area contributed by atoms with Gasteiger partial charge in [-0.1, -0.05) is 12.2 Å². The van der Waals surface area contributed by atoms with Crippen LogP contribution < -0.4 is 0 Å². The molecule has 1 atom stereocenters. The highest BCUT2D eigenvalue weighted by molar-refractivity contribution is 6.00. The zero-order valence-electron chi connectivity index (χ0n) is 17.5. The molecule has 1 aliphatic rings. The maximum absolute atomic E-state index is 12.0. The summed E-state index contributed by atoms with van der Waals surface area (Å²) in [7, 11) is 3.13. The van der Waals surface area contributed by atoms with Gasteiger partial charge >= 0.3 is 0 Å². The third-order valence-corrected chi connectivity index (χ3v) is 4.45. The Balaban J connectivity index is 2.27. The largest absolute Gasteiger partial charge is 0.354 e. The molecule has 0 bridgehead atoms. The molecule has 6 heteroatoms. The lowest BCUT2D eigenvalue weighted by Crippen LogP contribution is -2.31. The Morgan fingerprint density at radius 3 is 2.44 bits per heavy atom. The average Bonchev–Trinajstić information content (AvgIpc) is 2.94. The fourth-order valence-corrected chi connectivity index (χ4v) is 2.47. The number of methoxy groups -OCH3 is 2. The highest BCUT2D eigenvalue weighted by atomic mass is 16.7. The topological polar surface area (TPSA) is 71.1 Å². The summed E-state index contributed by atoms with van der Waals surface area (Å²) >= 11 is 0. The first-order chi connectivity index (χ1) is 12.6. The molecule has 1 unspecified atom stereocenters. The Labute approximate surface area is 162 Å². The van der Waals surface area contributed by atoms with E-state index in [0.717, 1.165) is 19.3 Å². The van der Waals surface area contributed by atoms with Crippen molar-refractivity contribution >= 4 is 11.6 Å². The number of carbonyl (C=O) groups excluding carboxylic acids is 2. The molecule has 0 aliphatic heterocycles. The second-order valence-corrected chi connectivity index (χ2v) is 7.59. The van der Waals surface area contributed by atoms with Crippen molar-refractivity contribution in [2.75, 3.05) is 20.8 Å². The summed E-state index contributed by atoms with van der Waals surface area (Å²) in [5.74, 6) is -1.30. The smallest absolute Gasteiger partial charge is 0.165 e. The van der Waals surface area contributed by atoms with Crippen LogP contribution >= 0.6 is 0 Å². The molecule has 1 rings (SSSR count). The van der Waals surface area contributed by atoms with E-state index in [-0.39, 0.29) is 24.3 Å². The van der Waals surface area contributed by atoms with Gasteiger partial charge in [-0.05, 0) is 53.0 Å². The van der Waals surface area contributed by atoms with E-state index in [0.29, 0.717) is 18.4 Å². The first-order valence-corrected chi connectivity index (χ1v) is 9.44. The highest BCUT2D eigenvalue weighted by Gasteiger charge is 2.29. The summed E-state index contributed by atoms with van der Waals surface area (Å²) in [4.78, 5) is 23.8. The van der Waals surface area contributed by atoms with Gasteiger partial charge in [-0.15, -0.1) is 0 Å². The van der Waals surface area contributed by atoms with Gasteiger partial charge in [0.05, 0.1) is 6.10 Å². The highest BCUT2D eigenvalue weighted by Crippen LogP contribution is 2.24. The Morgan fingerprint density at radius 1 is 1.15 bits per heavy atom. The number of rotatable bonds is 13. The van der Waals surface area contributed by atoms with Gasteiger partial charge in [-0.25, -0.2) is 0 Å². The number of carbonyl (C=O) groups is 2. The number of hydrogen-bond donors (Lipinski definition) is 0. The molecule has 0 aromatic heterocycles. The summed E-state index contributed by atoms with van der Waals surface area (Å²) < 4.78 is 21.5. The van der Waals surface area contributed by atoms with Crippen LogP contribution in [0.4, 0.5) is 0 Å². The zero-order valence-corrected chi connectivity index (χ0v) is 17.5. The van der Waals surface area contributed by atoms with E-state index in [1.807, 2.05) is 32.1 Å². The minimum absolute atomic E-state index is 0.0667. The monoisotopic (exact) mass is 382 g/mol. The normalized spacial score (nSPS) is 18.4. The molecule has 0 aromatic carbocycles. The van der Waals surface area contributed by atoms with Gasteiger partial charge in [0.1, 0.15) is 6.61 Å². The van der Waals surface area contributed by atoms with Gasteiger partial charge in [0.25, 0.3) is 0 Å². The van der Waals surface area contributed by atoms with Crippen molar-refractivity contribution in [2.45, 2.75) is 77.5 Å². The zero-order chi connectivity index (χ0) is 20.5. The SMILES string of the molecule is COC(C)(C)OCC(=O)CCCC/C=C/C1=CC(OC(C)(C)OC)CC1=O. The van der Waals surface area contributed by atoms with Crippen LogP contribution in [0.25, 0.3) is 0 Å². The number of Topliss-reactive ketones (excluding diaryl/α,β-unsaturated/α-hetero) is 2. The molecular formula is C21H34O6. The van der Waals surface area contributed by atoms with Crippen molar-refractivity contribution < 1.29 is 28.5 Å². The summed E-state index contributed by atoms with van der Waals surface area (Å²) in [6.45, 7) is 7.26. The van der Waals surface area contributed by atoms with Crippen molar-refractivity contribution in [3.8, 4) is 0 Å². The van der Waals surface area contributed by atoms with Crippen LogP contribution in [-0.4, -0.2) is 50.1 Å². The molecule has 0 aromatic rings. The molecule has 1 aliphatic carbocycles. The van der Waals surface area contributed by atoms with Crippen LogP contribution in [0, 0.1) is 0 Å². The van der Waals surface area contributed by atoms with E-state index in [1.54, 1.807) is 28.1 Å². The maximum Gasteiger partial charge on any atom is 0.165 e. The van der Waals surface area contributed by atoms with Crippen molar-refractivity contribution in [3.05, 3.63) is 23.8 Å². The lowest BCUT2D eigenvalue weighted by molar-refractivity contribution is -0.212. The Morgan fingerprint density at radius 2 is 1.81 bits per heavy atom. The molecule has 0 saturated carbocycles. The van der Waals surface area contributed by atoms with Gasteiger partial charge in [0.15, 0.2) is 23.1 Å². The number of hydrogen-bond acceptors (Lipinski definition) is 6. The first-order valence-electron chi connectivity index (χ1n) is 9.44. The number of ketones is 2. The van der Waals surface area contributed by atoms with Gasteiger partial charge in [0, 0.05) is 32.6 Å². The minimum Gasteiger partial charge on any atom is -0.354 e. The van der Waals surface area contributed by atoms with Crippen molar-refractivity contribution in [2.24, 2.45) is 0 Å². The Bertz CT molecular complexity index is 559. The molecule has 6 nitrogen and oxygen atoms in total. The molecule has 0 N–H and O–H groups in total. The number of allylic oxidation sites excluding steroid dienone is 3. The molecule has 0 spiro atoms. The van der Waals surface area contributed by atoms with Crippen LogP contribution in [0.2, 0.25) is 0 Å². The molecule has 0 heterocycles. The standard InChI is InChI=1S/C21H34O6/c1-20(2,24-5)26-15-17(22)12-10-8-7-9-11-16-13-18(14-19(16)23)27-21(3,4)25-6/h9,11,13,18H,7-8,10,12,14-15H2,1-6H3/b11-9+. The molecule has 27 heavy (non-hydrogen) atoms. The van der Waals surface area contributed by atoms with Gasteiger partial charge < -0.3 is 18.9 Å². The lowest BCUT2D eigenvalue weighted by Gasteiger charge is -2.26. The van der Waals surface area contributed by atoms with Crippen LogP contribution in [-0.2, 0) is 28.5 Å². The summed E-state index contributed by atoms with van der Waals surface area (Å²) in [5.41, 5.74) is 0.679. The molecule has 0 amide bonds. The Hall–Kier alpha value is -1.34. The molecule has 0 radical (unpaired) electrons. The third kappa shape index (κ3) is 9.42. The second kappa shape index (κ2) is 10.9. The predicted molar refractivity (Wildman–Crippen MR) is 103 cm³/mol. The fourth-order valence-electron chi connectivity index (χ4n) is 2.47. The molecule has 0 fully saturated rings. The van der Waals surface area contributed by atoms with Gasteiger partial charge in [0.2, 0.25) is 0 Å². The Kier molecular flexibility index (Phi) is 9.53. The van der Waals surface area contributed by atoms with E-state index in [2.05, 4.69) is 0 Å². The summed E-state index contributed by atoms with van der Waals surface area (Å²) in [5, 5.41) is 0. The maximum atomic E-state index is 12.0. The molecular weight excluding hydrogens is 348 g/mol. The fraction of sp³-hybridized carbons (Fsp3) is 0.714. The molecule has 0 saturated heterocycles. The van der Waals surface area contributed by atoms with Crippen LogP contribution in [0.5, 0.6) is 0 Å². The van der Waals surface area contributed by atoms with E-state index in [4.69, 9.17) is 18.9 Å². The summed E-state index contributed by atoms with van der Waals surface area (Å²) in [6, 6.07) is 0. The minimum atomic E-state index is -0.736. The second-order valence-electron chi connectivity index (χ2n) is 7.59. The van der Waals surface area contributed by atoms with Gasteiger partial charge in [-0.2, -0.15) is 0 Å². The van der Waals surface area contributed by atoms with Crippen LogP contribution in [0.1, 0.15) is 59.8 Å². The molecule has 154 valence electrons. The first kappa shape index (κ1) is 23.7. The van der Waals surface area contributed by atoms with E-state index < -0.39 is 11.6 Å². The van der Waals surface area contributed by atoms with E-state index >= 15 is 0 Å². The van der Waals surface area contributed by atoms with Gasteiger partial charge in [-0.3, -0.25) is 9.59 Å². The van der Waals surface area contributed by atoms with Crippen LogP contribution in [0.3, 0.4) is 0 Å². The van der Waals surface area contributed by atoms with Crippen LogP contribution in [0.15, 0.2) is 23.8 Å². The van der Waals surface area contributed by atoms with Crippen molar-refractivity contribution in [3.63, 3.8) is 0 Å². The third-order valence-electron chi connectivity index (χ3n) is 4.45. The lowest BCUT2D eigenvalue weighted by atomic mass is 10.1. The quantitative estimate of drug-likeness (QED) is 0.357. The van der Waals surface area contributed by atoms with Crippen molar-refractivity contribution in [1.82, 2.24) is 0 Å². The van der Waals surface area contributed by atoms with Crippen molar-refractivity contribution in [1.29, 1.82) is 0 Å². The summed E-state index contributed by atoms with van der Waals surface area (Å²) in [6.07, 6.45) is 8.74. The number of ether oxygens (including phenoxy) is 4. The van der Waals surface area contributed by atoms with E-state index in [9.17, 15) is 9.59 Å². The predicted octanol–water partition coefficient (Wildman–Crippen LogP) is 3.74.